The van der Waals surface area contributed by atoms with E-state index in [1.165, 1.54) is 0 Å². The van der Waals surface area contributed by atoms with Gasteiger partial charge < -0.3 is 16.2 Å². The number of nitrogens with one attached hydrogen (secondary N) is 1. The average molecular weight is 230 g/mol. The summed E-state index contributed by atoms with van der Waals surface area (Å²) in [5.41, 5.74) is 4.68. The van der Waals surface area contributed by atoms with Gasteiger partial charge in [-0.2, -0.15) is 0 Å². The highest BCUT2D eigenvalue weighted by Gasteiger charge is 2.19. The Balaban J connectivity index is 3.72. The summed E-state index contributed by atoms with van der Waals surface area (Å²) in [5.74, 6) is 0.374. The standard InChI is InChI=1S/C12H26N2O2/c1-4-7-12(3,16)9-14-11(15)6-5-10(2)8-13/h10,16H,4-9,13H2,1-3H3,(H,14,15). The molecule has 0 radical (unpaired) electrons. The van der Waals surface area contributed by atoms with Gasteiger partial charge in [-0.3, -0.25) is 4.79 Å². The lowest BCUT2D eigenvalue weighted by molar-refractivity contribution is -0.122. The van der Waals surface area contributed by atoms with Crippen molar-refractivity contribution >= 4 is 5.91 Å². The van der Waals surface area contributed by atoms with Gasteiger partial charge in [-0.15, -0.1) is 0 Å². The number of aliphatic hydroxyl groups is 1. The number of carbonyl (C=O) groups excluding carboxylic acids is 1. The predicted molar refractivity (Wildman–Crippen MR) is 66.0 cm³/mol. The molecule has 16 heavy (non-hydrogen) atoms. The fraction of sp³-hybridized carbons (Fsp3) is 0.917. The molecule has 0 aromatic heterocycles. The van der Waals surface area contributed by atoms with Crippen LogP contribution in [0.25, 0.3) is 0 Å². The van der Waals surface area contributed by atoms with Crippen LogP contribution < -0.4 is 11.1 Å². The van der Waals surface area contributed by atoms with E-state index in [2.05, 4.69) is 5.32 Å². The van der Waals surface area contributed by atoms with Gasteiger partial charge in [0.1, 0.15) is 0 Å². The van der Waals surface area contributed by atoms with Crippen LogP contribution in [0, 0.1) is 5.92 Å². The minimum Gasteiger partial charge on any atom is -0.388 e. The second-order valence-corrected chi connectivity index (χ2v) is 4.90. The van der Waals surface area contributed by atoms with Crippen LogP contribution in [-0.2, 0) is 4.79 Å². The van der Waals surface area contributed by atoms with E-state index in [0.29, 0.717) is 31.8 Å². The van der Waals surface area contributed by atoms with Crippen molar-refractivity contribution in [2.24, 2.45) is 11.7 Å². The largest absolute Gasteiger partial charge is 0.388 e. The summed E-state index contributed by atoms with van der Waals surface area (Å²) in [5, 5.41) is 12.6. The van der Waals surface area contributed by atoms with Crippen LogP contribution in [-0.4, -0.2) is 29.7 Å². The van der Waals surface area contributed by atoms with Crippen molar-refractivity contribution in [3.63, 3.8) is 0 Å². The number of hydrogen-bond donors (Lipinski definition) is 3. The molecule has 0 spiro atoms. The molecule has 0 aliphatic carbocycles. The van der Waals surface area contributed by atoms with E-state index in [1.807, 2.05) is 13.8 Å². The van der Waals surface area contributed by atoms with E-state index in [1.54, 1.807) is 6.92 Å². The van der Waals surface area contributed by atoms with Gasteiger partial charge in [-0.25, -0.2) is 0 Å². The van der Waals surface area contributed by atoms with Gasteiger partial charge in [0.2, 0.25) is 5.91 Å². The molecule has 4 heteroatoms. The Bertz CT molecular complexity index is 205. The number of hydrogen-bond acceptors (Lipinski definition) is 3. The van der Waals surface area contributed by atoms with Gasteiger partial charge in [-0.1, -0.05) is 20.3 Å². The van der Waals surface area contributed by atoms with Crippen molar-refractivity contribution in [2.45, 2.75) is 52.1 Å². The highest BCUT2D eigenvalue weighted by atomic mass is 16.3. The van der Waals surface area contributed by atoms with Crippen LogP contribution in [0.3, 0.4) is 0 Å². The Morgan fingerprint density at radius 1 is 1.56 bits per heavy atom. The monoisotopic (exact) mass is 230 g/mol. The van der Waals surface area contributed by atoms with Crippen LogP contribution in [0.15, 0.2) is 0 Å². The number of amides is 1. The highest BCUT2D eigenvalue weighted by molar-refractivity contribution is 5.75. The molecule has 0 aromatic carbocycles. The Morgan fingerprint density at radius 3 is 2.69 bits per heavy atom. The Kier molecular flexibility index (Phi) is 7.34. The quantitative estimate of drug-likeness (QED) is 0.583. The van der Waals surface area contributed by atoms with E-state index >= 15 is 0 Å². The van der Waals surface area contributed by atoms with Gasteiger partial charge in [0.25, 0.3) is 0 Å². The molecule has 0 aromatic rings. The molecule has 96 valence electrons. The lowest BCUT2D eigenvalue weighted by Crippen LogP contribution is -2.40. The van der Waals surface area contributed by atoms with Crippen molar-refractivity contribution in [1.82, 2.24) is 5.32 Å². The molecule has 2 unspecified atom stereocenters. The summed E-state index contributed by atoms with van der Waals surface area (Å²) in [6.45, 7) is 6.73. The maximum atomic E-state index is 11.5. The molecular formula is C12H26N2O2. The first-order valence-electron chi connectivity index (χ1n) is 6.10. The van der Waals surface area contributed by atoms with Crippen molar-refractivity contribution < 1.29 is 9.90 Å². The first-order valence-corrected chi connectivity index (χ1v) is 6.10. The SMILES string of the molecule is CCCC(C)(O)CNC(=O)CCC(C)CN. The van der Waals surface area contributed by atoms with E-state index < -0.39 is 5.60 Å². The summed E-state index contributed by atoms with van der Waals surface area (Å²) in [4.78, 5) is 11.5. The molecule has 0 heterocycles. The molecule has 0 bridgehead atoms. The Labute approximate surface area is 98.6 Å². The highest BCUT2D eigenvalue weighted by Crippen LogP contribution is 2.10. The maximum Gasteiger partial charge on any atom is 0.220 e. The van der Waals surface area contributed by atoms with Crippen LogP contribution >= 0.6 is 0 Å². The van der Waals surface area contributed by atoms with E-state index in [9.17, 15) is 9.90 Å². The zero-order chi connectivity index (χ0) is 12.6. The summed E-state index contributed by atoms with van der Waals surface area (Å²) in [6, 6.07) is 0. The van der Waals surface area contributed by atoms with Crippen molar-refractivity contribution in [3.8, 4) is 0 Å². The number of nitrogens with two attached hydrogens (primary N) is 1. The van der Waals surface area contributed by atoms with E-state index in [0.717, 1.165) is 12.8 Å². The normalized spacial score (nSPS) is 16.6. The zero-order valence-corrected chi connectivity index (χ0v) is 10.8. The van der Waals surface area contributed by atoms with Crippen molar-refractivity contribution in [1.29, 1.82) is 0 Å². The molecule has 0 fully saturated rings. The van der Waals surface area contributed by atoms with Crippen molar-refractivity contribution in [3.05, 3.63) is 0 Å². The molecule has 0 aliphatic rings. The fourth-order valence-corrected chi connectivity index (χ4v) is 1.50. The van der Waals surface area contributed by atoms with Crippen molar-refractivity contribution in [2.75, 3.05) is 13.1 Å². The molecule has 4 N–H and O–H groups in total. The fourth-order valence-electron chi connectivity index (χ4n) is 1.50. The summed E-state index contributed by atoms with van der Waals surface area (Å²) < 4.78 is 0. The van der Waals surface area contributed by atoms with Gasteiger partial charge in [0, 0.05) is 13.0 Å². The topological polar surface area (TPSA) is 75.3 Å². The average Bonchev–Trinajstić information content (AvgIpc) is 2.23. The molecule has 0 rings (SSSR count). The lowest BCUT2D eigenvalue weighted by Gasteiger charge is -2.23. The minimum absolute atomic E-state index is 0.00308. The van der Waals surface area contributed by atoms with Crippen LogP contribution in [0.4, 0.5) is 0 Å². The summed E-state index contributed by atoms with van der Waals surface area (Å²) in [7, 11) is 0. The van der Waals surface area contributed by atoms with Crippen LogP contribution in [0.5, 0.6) is 0 Å². The van der Waals surface area contributed by atoms with Crippen LogP contribution in [0.1, 0.15) is 46.5 Å². The smallest absolute Gasteiger partial charge is 0.220 e. The first-order chi connectivity index (χ1) is 7.41. The molecule has 0 saturated carbocycles. The Hall–Kier alpha value is -0.610. The second-order valence-electron chi connectivity index (χ2n) is 4.90. The molecule has 0 saturated heterocycles. The van der Waals surface area contributed by atoms with Gasteiger partial charge >= 0.3 is 0 Å². The predicted octanol–water partition coefficient (Wildman–Crippen LogP) is 1.03. The van der Waals surface area contributed by atoms with E-state index in [4.69, 9.17) is 5.73 Å². The van der Waals surface area contributed by atoms with Crippen LogP contribution in [0.2, 0.25) is 0 Å². The third-order valence-corrected chi connectivity index (χ3v) is 2.72. The molecular weight excluding hydrogens is 204 g/mol. The Morgan fingerprint density at radius 2 is 2.19 bits per heavy atom. The third kappa shape index (κ3) is 7.65. The molecule has 0 aliphatic heterocycles. The second kappa shape index (κ2) is 7.63. The number of rotatable bonds is 8. The van der Waals surface area contributed by atoms with Gasteiger partial charge in [-0.05, 0) is 32.2 Å². The lowest BCUT2D eigenvalue weighted by atomic mass is 10.0. The molecule has 2 atom stereocenters. The third-order valence-electron chi connectivity index (χ3n) is 2.72. The van der Waals surface area contributed by atoms with E-state index in [-0.39, 0.29) is 5.91 Å². The molecule has 1 amide bonds. The summed E-state index contributed by atoms with van der Waals surface area (Å²) in [6.07, 6.45) is 2.90. The minimum atomic E-state index is -0.788. The maximum absolute atomic E-state index is 11.5. The van der Waals surface area contributed by atoms with Gasteiger partial charge in [0.15, 0.2) is 0 Å². The number of carbonyl (C=O) groups is 1. The zero-order valence-electron chi connectivity index (χ0n) is 10.8. The van der Waals surface area contributed by atoms with Gasteiger partial charge in [0.05, 0.1) is 5.60 Å². The molecule has 4 nitrogen and oxygen atoms in total. The first kappa shape index (κ1) is 15.4. The summed E-state index contributed by atoms with van der Waals surface area (Å²) >= 11 is 0.